The predicted molar refractivity (Wildman–Crippen MR) is 74.2 cm³/mol. The van der Waals surface area contributed by atoms with Gasteiger partial charge in [-0.2, -0.15) is 0 Å². The molecule has 0 radical (unpaired) electrons. The average Bonchev–Trinajstić information content (AvgIpc) is 2.90. The van der Waals surface area contributed by atoms with Crippen molar-refractivity contribution in [3.05, 3.63) is 42.5 Å². The molecule has 102 valence electrons. The van der Waals surface area contributed by atoms with Crippen LogP contribution in [0.1, 0.15) is 10.5 Å². The fraction of sp³-hybridized carbons (Fsp3) is 0.182. The van der Waals surface area contributed by atoms with Crippen LogP contribution in [-0.4, -0.2) is 22.6 Å². The van der Waals surface area contributed by atoms with E-state index in [2.05, 4.69) is 9.72 Å². The van der Waals surface area contributed by atoms with Crippen molar-refractivity contribution in [1.29, 1.82) is 0 Å². The third-order valence-corrected chi connectivity index (χ3v) is 1.92. The number of aromatic nitrogens is 2. The zero-order valence-corrected chi connectivity index (χ0v) is 11.2. The molecule has 2 aromatic rings. The Labute approximate surface area is 112 Å². The summed E-state index contributed by atoms with van der Waals surface area (Å²) >= 11 is 0. The third kappa shape index (κ3) is 5.42. The maximum Gasteiger partial charge on any atom is 0.354 e. The molecule has 0 bridgehead atoms. The van der Waals surface area contributed by atoms with Crippen molar-refractivity contribution < 1.29 is 9.53 Å². The zero-order chi connectivity index (χ0) is 12.0. The first-order chi connectivity index (χ1) is 7.65. The van der Waals surface area contributed by atoms with Crippen LogP contribution in [0.5, 0.6) is 0 Å². The smallest absolute Gasteiger partial charge is 0.354 e. The van der Waals surface area contributed by atoms with Crippen LogP contribution in [0.4, 0.5) is 5.69 Å². The predicted octanol–water partition coefficient (Wildman–Crippen LogP) is 1.99. The summed E-state index contributed by atoms with van der Waals surface area (Å²) in [6, 6.07) is 5.46. The number of nitrogens with zero attached hydrogens (tertiary/aromatic N) is 1. The Morgan fingerprint density at radius 1 is 1.39 bits per heavy atom. The molecule has 7 heteroatoms. The molecular formula is C11H19ClN4O2. The normalized spacial score (nSPS) is 8.11. The van der Waals surface area contributed by atoms with Gasteiger partial charge in [0.05, 0.1) is 12.8 Å². The molecule has 0 spiro atoms. The Bertz CT molecular complexity index is 423. The second-order valence-electron chi connectivity index (χ2n) is 3.15. The molecule has 6 nitrogen and oxygen atoms in total. The van der Waals surface area contributed by atoms with Gasteiger partial charge in [-0.05, 0) is 18.2 Å². The van der Waals surface area contributed by atoms with Crippen LogP contribution in [0.15, 0.2) is 36.8 Å². The van der Waals surface area contributed by atoms with Gasteiger partial charge in [0.15, 0.2) is 0 Å². The number of hydrogen-bond acceptors (Lipinski definition) is 4. The molecule has 2 rings (SSSR count). The van der Waals surface area contributed by atoms with E-state index in [1.807, 2.05) is 24.5 Å². The number of esters is 1. The van der Waals surface area contributed by atoms with Gasteiger partial charge < -0.3 is 26.2 Å². The number of carbonyl (C=O) groups is 1. The SMILES string of the molecule is COC(=O)c1cc(N)cn1C.Cl.N.c1cc[nH]c1. The topological polar surface area (TPSA) is 108 Å². The second-order valence-corrected chi connectivity index (χ2v) is 3.15. The molecule has 0 saturated heterocycles. The summed E-state index contributed by atoms with van der Waals surface area (Å²) in [7, 11) is 3.08. The number of halogens is 1. The molecule has 2 aromatic heterocycles. The van der Waals surface area contributed by atoms with Gasteiger partial charge in [0.25, 0.3) is 0 Å². The van der Waals surface area contributed by atoms with Crippen molar-refractivity contribution in [2.24, 2.45) is 7.05 Å². The highest BCUT2D eigenvalue weighted by atomic mass is 35.5. The summed E-state index contributed by atoms with van der Waals surface area (Å²) in [5, 5.41) is 0. The Morgan fingerprint density at radius 2 is 1.94 bits per heavy atom. The molecule has 18 heavy (non-hydrogen) atoms. The van der Waals surface area contributed by atoms with E-state index in [1.54, 1.807) is 23.9 Å². The van der Waals surface area contributed by atoms with Crippen LogP contribution in [0.3, 0.4) is 0 Å². The first-order valence-electron chi connectivity index (χ1n) is 4.73. The van der Waals surface area contributed by atoms with E-state index in [1.165, 1.54) is 7.11 Å². The molecule has 0 aliphatic rings. The lowest BCUT2D eigenvalue weighted by Gasteiger charge is -1.98. The van der Waals surface area contributed by atoms with Gasteiger partial charge in [-0.1, -0.05) is 0 Å². The van der Waals surface area contributed by atoms with Gasteiger partial charge in [0.2, 0.25) is 0 Å². The molecular weight excluding hydrogens is 256 g/mol. The van der Waals surface area contributed by atoms with E-state index in [-0.39, 0.29) is 24.5 Å². The lowest BCUT2D eigenvalue weighted by Crippen LogP contribution is -2.06. The van der Waals surface area contributed by atoms with Crippen molar-refractivity contribution in [1.82, 2.24) is 15.7 Å². The number of rotatable bonds is 1. The molecule has 0 amide bonds. The fourth-order valence-electron chi connectivity index (χ4n) is 1.18. The summed E-state index contributed by atoms with van der Waals surface area (Å²) < 4.78 is 6.14. The first-order valence-corrected chi connectivity index (χ1v) is 4.73. The highest BCUT2D eigenvalue weighted by molar-refractivity contribution is 5.88. The van der Waals surface area contributed by atoms with Crippen LogP contribution in [0, 0.1) is 0 Å². The largest absolute Gasteiger partial charge is 0.464 e. The van der Waals surface area contributed by atoms with E-state index in [9.17, 15) is 4.79 Å². The average molecular weight is 275 g/mol. The number of nitrogens with one attached hydrogen (secondary N) is 1. The minimum absolute atomic E-state index is 0. The maximum absolute atomic E-state index is 10.9. The molecule has 6 N–H and O–H groups in total. The number of hydrogen-bond donors (Lipinski definition) is 3. The maximum atomic E-state index is 10.9. The molecule has 0 aromatic carbocycles. The molecule has 0 fully saturated rings. The van der Waals surface area contributed by atoms with Crippen LogP contribution < -0.4 is 11.9 Å². The molecule has 0 aliphatic carbocycles. The highest BCUT2D eigenvalue weighted by Gasteiger charge is 2.09. The minimum atomic E-state index is -0.371. The van der Waals surface area contributed by atoms with Crippen molar-refractivity contribution in [3.63, 3.8) is 0 Å². The van der Waals surface area contributed by atoms with Gasteiger partial charge in [0.1, 0.15) is 5.69 Å². The van der Waals surface area contributed by atoms with Crippen LogP contribution in [0.2, 0.25) is 0 Å². The summed E-state index contributed by atoms with van der Waals surface area (Å²) in [6.45, 7) is 0. The van der Waals surface area contributed by atoms with E-state index in [0.29, 0.717) is 11.4 Å². The summed E-state index contributed by atoms with van der Waals surface area (Å²) in [4.78, 5) is 13.8. The van der Waals surface area contributed by atoms with Crippen LogP contribution in [0.25, 0.3) is 0 Å². The van der Waals surface area contributed by atoms with Gasteiger partial charge in [-0.25, -0.2) is 4.79 Å². The van der Waals surface area contributed by atoms with Gasteiger partial charge in [0, 0.05) is 25.6 Å². The Balaban J connectivity index is 0. The summed E-state index contributed by atoms with van der Waals surface area (Å²) in [6.07, 6.45) is 5.41. The van der Waals surface area contributed by atoms with E-state index in [4.69, 9.17) is 5.73 Å². The highest BCUT2D eigenvalue weighted by Crippen LogP contribution is 2.08. The molecule has 0 atom stereocenters. The van der Waals surface area contributed by atoms with Crippen molar-refractivity contribution in [2.45, 2.75) is 0 Å². The lowest BCUT2D eigenvalue weighted by molar-refractivity contribution is 0.0590. The number of H-pyrrole nitrogens is 1. The van der Waals surface area contributed by atoms with E-state index < -0.39 is 0 Å². The number of ether oxygens (including phenoxy) is 1. The minimum Gasteiger partial charge on any atom is -0.464 e. The number of nitrogens with two attached hydrogens (primary N) is 1. The number of aryl methyl sites for hydroxylation is 1. The van der Waals surface area contributed by atoms with Crippen molar-refractivity contribution in [2.75, 3.05) is 12.8 Å². The number of methoxy groups -OCH3 is 1. The summed E-state index contributed by atoms with van der Waals surface area (Å²) in [5.74, 6) is -0.371. The monoisotopic (exact) mass is 274 g/mol. The van der Waals surface area contributed by atoms with Crippen molar-refractivity contribution in [3.8, 4) is 0 Å². The van der Waals surface area contributed by atoms with Crippen LogP contribution in [-0.2, 0) is 11.8 Å². The van der Waals surface area contributed by atoms with Crippen molar-refractivity contribution >= 4 is 24.1 Å². The number of carbonyl (C=O) groups excluding carboxylic acids is 1. The Hall–Kier alpha value is -1.92. The van der Waals surface area contributed by atoms with Crippen LogP contribution >= 0.6 is 12.4 Å². The van der Waals surface area contributed by atoms with Gasteiger partial charge in [-0.3, -0.25) is 0 Å². The molecule has 2 heterocycles. The first kappa shape index (κ1) is 18.4. The third-order valence-electron chi connectivity index (χ3n) is 1.92. The number of anilines is 1. The zero-order valence-electron chi connectivity index (χ0n) is 10.4. The quantitative estimate of drug-likeness (QED) is 0.691. The van der Waals surface area contributed by atoms with Gasteiger partial charge in [-0.15, -0.1) is 12.4 Å². The summed E-state index contributed by atoms with van der Waals surface area (Å²) in [5.41, 5.74) is 6.47. The van der Waals surface area contributed by atoms with Gasteiger partial charge >= 0.3 is 5.97 Å². The van der Waals surface area contributed by atoms with E-state index in [0.717, 1.165) is 0 Å². The molecule has 0 saturated carbocycles. The number of aromatic amines is 1. The second kappa shape index (κ2) is 9.15. The van der Waals surface area contributed by atoms with E-state index >= 15 is 0 Å². The fourth-order valence-corrected chi connectivity index (χ4v) is 1.18. The number of nitrogen functional groups attached to an aromatic ring is 1. The molecule has 0 aliphatic heterocycles. The molecule has 0 unspecified atom stereocenters. The standard InChI is InChI=1S/C7H10N2O2.C4H5N.ClH.H3N/c1-9-4-5(8)3-6(9)7(10)11-2;1-2-4-5-3-1;;/h3-4H,8H2,1-2H3;1-5H;1H;1H3. The lowest BCUT2D eigenvalue weighted by atomic mass is 10.4. The Morgan fingerprint density at radius 3 is 2.22 bits per heavy atom. The Kier molecular flexibility index (Phi) is 9.37.